The molecular formula is C19H20N4O. The molecule has 1 aliphatic rings. The molecule has 1 N–H and O–H groups in total. The summed E-state index contributed by atoms with van der Waals surface area (Å²) >= 11 is 0. The number of aromatic nitrogens is 3. The van der Waals surface area contributed by atoms with Crippen molar-refractivity contribution in [3.63, 3.8) is 0 Å². The fourth-order valence-electron chi connectivity index (χ4n) is 3.60. The Labute approximate surface area is 140 Å². The Morgan fingerprint density at radius 2 is 1.96 bits per heavy atom. The second-order valence-electron chi connectivity index (χ2n) is 6.51. The first kappa shape index (κ1) is 14.9. The fourth-order valence-corrected chi connectivity index (χ4v) is 3.60. The molecule has 2 aromatic heterocycles. The van der Waals surface area contributed by atoms with E-state index < -0.39 is 0 Å². The molecule has 1 amide bonds. The molecule has 1 aliphatic carbocycles. The van der Waals surface area contributed by atoms with Crippen molar-refractivity contribution in [2.75, 3.05) is 5.32 Å². The van der Waals surface area contributed by atoms with Crippen molar-refractivity contribution in [3.05, 3.63) is 52.3 Å². The van der Waals surface area contributed by atoms with Crippen LogP contribution in [0.4, 0.5) is 5.69 Å². The van der Waals surface area contributed by atoms with Crippen molar-refractivity contribution >= 4 is 22.6 Å². The molecule has 4 rings (SSSR count). The predicted molar refractivity (Wildman–Crippen MR) is 94.4 cm³/mol. The van der Waals surface area contributed by atoms with Crippen molar-refractivity contribution in [2.45, 2.75) is 33.1 Å². The molecule has 2 heterocycles. The average Bonchev–Trinajstić information content (AvgIpc) is 3.11. The second-order valence-corrected chi connectivity index (χ2v) is 6.51. The molecule has 1 aromatic carbocycles. The first-order chi connectivity index (χ1) is 11.5. The van der Waals surface area contributed by atoms with Gasteiger partial charge in [-0.05, 0) is 62.4 Å². The molecule has 0 aliphatic heterocycles. The average molecular weight is 320 g/mol. The van der Waals surface area contributed by atoms with Gasteiger partial charge < -0.3 is 5.32 Å². The van der Waals surface area contributed by atoms with Crippen LogP contribution < -0.4 is 5.32 Å². The van der Waals surface area contributed by atoms with Crippen molar-refractivity contribution < 1.29 is 4.79 Å². The van der Waals surface area contributed by atoms with Gasteiger partial charge in [-0.25, -0.2) is 4.98 Å². The summed E-state index contributed by atoms with van der Waals surface area (Å²) in [6.45, 7) is 3.81. The molecule has 0 atom stereocenters. The summed E-state index contributed by atoms with van der Waals surface area (Å²) in [6.07, 6.45) is 3.44. The molecule has 0 spiro atoms. The summed E-state index contributed by atoms with van der Waals surface area (Å²) in [5.41, 5.74) is 6.60. The number of amides is 1. The van der Waals surface area contributed by atoms with E-state index in [1.54, 1.807) is 4.68 Å². The van der Waals surface area contributed by atoms with Gasteiger partial charge in [-0.15, -0.1) is 0 Å². The number of nitrogens with one attached hydrogen (secondary N) is 1. The number of hydrogen-bond donors (Lipinski definition) is 1. The van der Waals surface area contributed by atoms with Crippen LogP contribution in [0.3, 0.4) is 0 Å². The molecule has 0 saturated carbocycles. The Kier molecular flexibility index (Phi) is 3.37. The number of aryl methyl sites for hydroxylation is 5. The number of nitrogens with zero attached hydrogens (tertiary/aromatic N) is 3. The Morgan fingerprint density at radius 3 is 2.79 bits per heavy atom. The van der Waals surface area contributed by atoms with Gasteiger partial charge in [0.1, 0.15) is 0 Å². The summed E-state index contributed by atoms with van der Waals surface area (Å²) in [5.74, 6) is -0.112. The van der Waals surface area contributed by atoms with Crippen LogP contribution >= 0.6 is 0 Å². The van der Waals surface area contributed by atoms with Crippen LogP contribution in [0.15, 0.2) is 24.3 Å². The molecule has 0 unspecified atom stereocenters. The van der Waals surface area contributed by atoms with Gasteiger partial charge in [-0.3, -0.25) is 9.48 Å². The largest absolute Gasteiger partial charge is 0.322 e. The van der Waals surface area contributed by atoms with Gasteiger partial charge in [-0.1, -0.05) is 6.07 Å². The Hall–Kier alpha value is -2.69. The summed E-state index contributed by atoms with van der Waals surface area (Å²) in [6, 6.07) is 8.05. The lowest BCUT2D eigenvalue weighted by molar-refractivity contribution is 0.102. The number of carbonyl (C=O) groups excluding carboxylic acids is 1. The van der Waals surface area contributed by atoms with E-state index in [1.165, 1.54) is 17.5 Å². The number of fused-ring (bicyclic) bond motifs is 2. The highest BCUT2D eigenvalue weighted by atomic mass is 16.1. The third-order valence-electron chi connectivity index (χ3n) is 4.70. The topological polar surface area (TPSA) is 59.8 Å². The maximum Gasteiger partial charge on any atom is 0.256 e. The fraction of sp³-hybridized carbons (Fsp3) is 0.316. The summed E-state index contributed by atoms with van der Waals surface area (Å²) in [4.78, 5) is 17.4. The standard InChI is InChI=1S/C19H20N4O/c1-11-9-16(17-12(2)22-23(3)18(17)20-11)19(24)21-15-8-7-13-5-4-6-14(13)10-15/h7-10H,4-6H2,1-3H3,(H,21,24). The molecule has 5 nitrogen and oxygen atoms in total. The lowest BCUT2D eigenvalue weighted by Crippen LogP contribution is -2.13. The van der Waals surface area contributed by atoms with Gasteiger partial charge >= 0.3 is 0 Å². The molecule has 0 bridgehead atoms. The maximum atomic E-state index is 12.9. The molecule has 0 radical (unpaired) electrons. The van der Waals surface area contributed by atoms with Gasteiger partial charge in [0.05, 0.1) is 16.6 Å². The summed E-state index contributed by atoms with van der Waals surface area (Å²) in [7, 11) is 1.85. The molecule has 5 heteroatoms. The quantitative estimate of drug-likeness (QED) is 0.788. The predicted octanol–water partition coefficient (Wildman–Crippen LogP) is 3.33. The number of anilines is 1. The minimum atomic E-state index is -0.112. The Bertz CT molecular complexity index is 971. The number of hydrogen-bond acceptors (Lipinski definition) is 3. The van der Waals surface area contributed by atoms with Crippen LogP contribution in [0.1, 0.15) is 39.3 Å². The summed E-state index contributed by atoms with van der Waals surface area (Å²) in [5, 5.41) is 8.26. The lowest BCUT2D eigenvalue weighted by atomic mass is 10.1. The number of benzene rings is 1. The molecular weight excluding hydrogens is 300 g/mol. The second kappa shape index (κ2) is 5.44. The van der Waals surface area contributed by atoms with Crippen molar-refractivity contribution in [1.29, 1.82) is 0 Å². The molecule has 0 saturated heterocycles. The van der Waals surface area contributed by atoms with E-state index in [2.05, 4.69) is 27.5 Å². The van der Waals surface area contributed by atoms with Gasteiger partial charge in [0.2, 0.25) is 0 Å². The third-order valence-corrected chi connectivity index (χ3v) is 4.70. The van der Waals surface area contributed by atoms with E-state index in [0.717, 1.165) is 41.0 Å². The zero-order valence-electron chi connectivity index (χ0n) is 14.2. The minimum absolute atomic E-state index is 0.112. The number of carbonyl (C=O) groups is 1. The van der Waals surface area contributed by atoms with Crippen molar-refractivity contribution in [2.24, 2.45) is 7.05 Å². The lowest BCUT2D eigenvalue weighted by Gasteiger charge is -2.09. The van der Waals surface area contributed by atoms with E-state index in [9.17, 15) is 4.79 Å². The number of rotatable bonds is 2. The van der Waals surface area contributed by atoms with E-state index in [4.69, 9.17) is 0 Å². The van der Waals surface area contributed by atoms with Crippen LogP contribution in [0.2, 0.25) is 0 Å². The molecule has 24 heavy (non-hydrogen) atoms. The van der Waals surface area contributed by atoms with E-state index >= 15 is 0 Å². The van der Waals surface area contributed by atoms with Gasteiger partial charge in [-0.2, -0.15) is 5.10 Å². The zero-order valence-corrected chi connectivity index (χ0v) is 14.2. The Balaban J connectivity index is 1.73. The van der Waals surface area contributed by atoms with Gasteiger partial charge in [0.25, 0.3) is 5.91 Å². The van der Waals surface area contributed by atoms with Crippen LogP contribution in [-0.4, -0.2) is 20.7 Å². The third kappa shape index (κ3) is 2.37. The SMILES string of the molecule is Cc1cc(C(=O)Nc2ccc3c(c2)CCC3)c2c(C)nn(C)c2n1. The normalized spacial score (nSPS) is 13.3. The van der Waals surface area contributed by atoms with Crippen LogP contribution in [0, 0.1) is 13.8 Å². The van der Waals surface area contributed by atoms with E-state index in [-0.39, 0.29) is 5.91 Å². The van der Waals surface area contributed by atoms with Crippen LogP contribution in [-0.2, 0) is 19.9 Å². The minimum Gasteiger partial charge on any atom is -0.322 e. The Morgan fingerprint density at radius 1 is 1.17 bits per heavy atom. The highest BCUT2D eigenvalue weighted by Gasteiger charge is 2.18. The van der Waals surface area contributed by atoms with E-state index in [0.29, 0.717) is 5.56 Å². The first-order valence-corrected chi connectivity index (χ1v) is 8.27. The number of pyridine rings is 1. The van der Waals surface area contributed by atoms with Crippen LogP contribution in [0.5, 0.6) is 0 Å². The summed E-state index contributed by atoms with van der Waals surface area (Å²) < 4.78 is 1.73. The van der Waals surface area contributed by atoms with Crippen molar-refractivity contribution in [3.8, 4) is 0 Å². The monoisotopic (exact) mass is 320 g/mol. The van der Waals surface area contributed by atoms with Gasteiger partial charge in [0.15, 0.2) is 5.65 Å². The van der Waals surface area contributed by atoms with E-state index in [1.807, 2.05) is 33.0 Å². The molecule has 0 fully saturated rings. The smallest absolute Gasteiger partial charge is 0.256 e. The first-order valence-electron chi connectivity index (χ1n) is 8.27. The highest BCUT2D eigenvalue weighted by molar-refractivity contribution is 6.12. The van der Waals surface area contributed by atoms with Gasteiger partial charge in [0, 0.05) is 18.4 Å². The maximum absolute atomic E-state index is 12.9. The molecule has 122 valence electrons. The van der Waals surface area contributed by atoms with Crippen molar-refractivity contribution in [1.82, 2.24) is 14.8 Å². The molecule has 3 aromatic rings. The zero-order chi connectivity index (χ0) is 16.8. The van der Waals surface area contributed by atoms with Crippen LogP contribution in [0.25, 0.3) is 11.0 Å². The highest BCUT2D eigenvalue weighted by Crippen LogP contribution is 2.26.